The molecule has 1 heteroatoms. The summed E-state index contributed by atoms with van der Waals surface area (Å²) in [6.07, 6.45) is 12.0. The molecule has 0 N–H and O–H groups in total. The maximum Gasteiger partial charge on any atom is 0.143 e. The van der Waals surface area contributed by atoms with Crippen molar-refractivity contribution in [3.63, 3.8) is 0 Å². The normalized spacial score (nSPS) is 11.1. The van der Waals surface area contributed by atoms with E-state index in [9.17, 15) is 0 Å². The van der Waals surface area contributed by atoms with Gasteiger partial charge in [0, 0.05) is 13.0 Å². The number of rotatable bonds is 11. The van der Waals surface area contributed by atoms with E-state index in [1.807, 2.05) is 0 Å². The molecule has 0 aliphatic rings. The molecule has 0 aliphatic heterocycles. The smallest absolute Gasteiger partial charge is 0.143 e. The van der Waals surface area contributed by atoms with Crippen LogP contribution in [0.25, 0.3) is 0 Å². The molecule has 0 aliphatic carbocycles. The third-order valence-corrected chi connectivity index (χ3v) is 5.32. The first-order valence-corrected chi connectivity index (χ1v) is 10.6. The van der Waals surface area contributed by atoms with E-state index in [0.717, 1.165) is 36.0 Å². The molecule has 0 bridgehead atoms. The molecule has 3 aromatic rings. The lowest BCUT2D eigenvalue weighted by Gasteiger charge is -2.36. The highest BCUT2D eigenvalue weighted by atomic mass is 16.5. The van der Waals surface area contributed by atoms with Crippen LogP contribution in [0.4, 0.5) is 0 Å². The number of hydrogen-bond acceptors (Lipinski definition) is 1. The molecule has 3 aromatic carbocycles. The first kappa shape index (κ1) is 20.9. The van der Waals surface area contributed by atoms with Gasteiger partial charge < -0.3 is 4.74 Å². The first-order valence-electron chi connectivity index (χ1n) is 10.6. The third kappa shape index (κ3) is 5.37. The highest BCUT2D eigenvalue weighted by molar-refractivity contribution is 5.47. The second-order valence-electron chi connectivity index (χ2n) is 7.35. The zero-order chi connectivity index (χ0) is 20.2. The van der Waals surface area contributed by atoms with Gasteiger partial charge >= 0.3 is 0 Å². The van der Waals surface area contributed by atoms with E-state index in [2.05, 4.69) is 96.9 Å². The van der Waals surface area contributed by atoms with Crippen LogP contribution in [0.3, 0.4) is 0 Å². The van der Waals surface area contributed by atoms with Crippen LogP contribution < -0.4 is 0 Å². The predicted molar refractivity (Wildman–Crippen MR) is 122 cm³/mol. The summed E-state index contributed by atoms with van der Waals surface area (Å²) in [5.74, 6) is 2.72. The highest BCUT2D eigenvalue weighted by Crippen LogP contribution is 2.40. The van der Waals surface area contributed by atoms with E-state index in [1.165, 1.54) is 19.3 Å². The molecule has 0 fully saturated rings. The molecule has 0 atom stereocenters. The second-order valence-corrected chi connectivity index (χ2v) is 7.35. The average Bonchev–Trinajstić information content (AvgIpc) is 2.80. The van der Waals surface area contributed by atoms with Gasteiger partial charge in [0.1, 0.15) is 5.60 Å². The summed E-state index contributed by atoms with van der Waals surface area (Å²) in [5.41, 5.74) is 2.87. The Morgan fingerprint density at radius 1 is 0.586 bits per heavy atom. The Morgan fingerprint density at radius 2 is 1.00 bits per heavy atom. The van der Waals surface area contributed by atoms with Crippen molar-refractivity contribution >= 4 is 0 Å². The zero-order valence-corrected chi connectivity index (χ0v) is 17.1. The van der Waals surface area contributed by atoms with Crippen molar-refractivity contribution in [3.8, 4) is 12.3 Å². The molecular formula is C28H30O. The molecule has 29 heavy (non-hydrogen) atoms. The fraction of sp³-hybridized carbons (Fsp3) is 0.286. The van der Waals surface area contributed by atoms with Crippen molar-refractivity contribution in [2.45, 2.75) is 44.1 Å². The van der Waals surface area contributed by atoms with Crippen LogP contribution in [0.15, 0.2) is 91.0 Å². The summed E-state index contributed by atoms with van der Waals surface area (Å²) in [5, 5.41) is 0. The summed E-state index contributed by atoms with van der Waals surface area (Å²) in [6.45, 7) is 0.716. The topological polar surface area (TPSA) is 9.23 Å². The van der Waals surface area contributed by atoms with Gasteiger partial charge in [-0.2, -0.15) is 0 Å². The van der Waals surface area contributed by atoms with Crippen molar-refractivity contribution in [3.05, 3.63) is 108 Å². The average molecular weight is 383 g/mol. The van der Waals surface area contributed by atoms with Crippen molar-refractivity contribution in [1.29, 1.82) is 0 Å². The maximum atomic E-state index is 6.78. The van der Waals surface area contributed by atoms with Gasteiger partial charge in [-0.3, -0.25) is 0 Å². The maximum absolute atomic E-state index is 6.78. The Bertz CT molecular complexity index is 766. The summed E-state index contributed by atoms with van der Waals surface area (Å²) in [7, 11) is 0. The number of benzene rings is 3. The lowest BCUT2D eigenvalue weighted by atomic mass is 9.80. The van der Waals surface area contributed by atoms with Crippen LogP contribution >= 0.6 is 0 Å². The number of ether oxygens (including phenoxy) is 1. The van der Waals surface area contributed by atoms with Gasteiger partial charge in [-0.15, -0.1) is 12.3 Å². The van der Waals surface area contributed by atoms with Crippen LogP contribution in [-0.4, -0.2) is 6.61 Å². The Balaban J connectivity index is 1.84. The standard InChI is InChI=1S/C28H30O/c1-2-3-4-5-6-7-17-24-29-28(25-18-11-8-12-19-25,26-20-13-9-14-21-26)27-22-15-10-16-23-27/h1,8-16,18-23H,3-7,17,24H2. The van der Waals surface area contributed by atoms with E-state index < -0.39 is 5.60 Å². The van der Waals surface area contributed by atoms with E-state index in [1.54, 1.807) is 0 Å². The van der Waals surface area contributed by atoms with Gasteiger partial charge in [-0.1, -0.05) is 110 Å². The van der Waals surface area contributed by atoms with Gasteiger partial charge in [0.05, 0.1) is 0 Å². The summed E-state index contributed by atoms with van der Waals surface area (Å²) >= 11 is 0. The first-order chi connectivity index (χ1) is 14.4. The van der Waals surface area contributed by atoms with E-state index in [-0.39, 0.29) is 0 Å². The van der Waals surface area contributed by atoms with Crippen LogP contribution in [0, 0.1) is 12.3 Å². The predicted octanol–water partition coefficient (Wildman–Crippen LogP) is 6.97. The second kappa shape index (κ2) is 11.2. The van der Waals surface area contributed by atoms with E-state index in [0.29, 0.717) is 6.61 Å². The van der Waals surface area contributed by atoms with Crippen LogP contribution in [0.5, 0.6) is 0 Å². The molecule has 0 spiro atoms. The third-order valence-electron chi connectivity index (χ3n) is 5.32. The van der Waals surface area contributed by atoms with Crippen LogP contribution in [0.2, 0.25) is 0 Å². The molecule has 0 unspecified atom stereocenters. The number of terminal acetylenes is 1. The van der Waals surface area contributed by atoms with E-state index in [4.69, 9.17) is 11.2 Å². The molecule has 1 nitrogen and oxygen atoms in total. The SMILES string of the molecule is C#CCCCCCCCOC(c1ccccc1)(c1ccccc1)c1ccccc1. The molecule has 0 aromatic heterocycles. The van der Waals surface area contributed by atoms with E-state index >= 15 is 0 Å². The van der Waals surface area contributed by atoms with Gasteiger partial charge in [0.2, 0.25) is 0 Å². The lowest BCUT2D eigenvalue weighted by molar-refractivity contribution is 0.0106. The molecule has 0 saturated heterocycles. The molecule has 148 valence electrons. The molecule has 0 saturated carbocycles. The zero-order valence-electron chi connectivity index (χ0n) is 17.1. The molecule has 0 radical (unpaired) electrons. The summed E-state index contributed by atoms with van der Waals surface area (Å²) < 4.78 is 6.78. The van der Waals surface area contributed by atoms with Gasteiger partial charge in [-0.05, 0) is 29.5 Å². The van der Waals surface area contributed by atoms with Gasteiger partial charge in [0.15, 0.2) is 0 Å². The summed E-state index contributed by atoms with van der Waals surface area (Å²) in [6, 6.07) is 31.7. The van der Waals surface area contributed by atoms with Crippen LogP contribution in [-0.2, 0) is 10.3 Å². The Labute approximate surface area is 175 Å². The van der Waals surface area contributed by atoms with Crippen molar-refractivity contribution in [1.82, 2.24) is 0 Å². The minimum absolute atomic E-state index is 0.604. The van der Waals surface area contributed by atoms with Gasteiger partial charge in [-0.25, -0.2) is 0 Å². The van der Waals surface area contributed by atoms with Crippen LogP contribution in [0.1, 0.15) is 55.2 Å². The minimum Gasteiger partial charge on any atom is -0.361 e. The van der Waals surface area contributed by atoms with Crippen molar-refractivity contribution in [2.75, 3.05) is 6.61 Å². The molecule has 0 heterocycles. The number of unbranched alkanes of at least 4 members (excludes halogenated alkanes) is 5. The fourth-order valence-electron chi connectivity index (χ4n) is 3.85. The summed E-state index contributed by atoms with van der Waals surface area (Å²) in [4.78, 5) is 0. The Hall–Kier alpha value is -2.82. The van der Waals surface area contributed by atoms with Gasteiger partial charge in [0.25, 0.3) is 0 Å². The Kier molecular flexibility index (Phi) is 8.11. The largest absolute Gasteiger partial charge is 0.361 e. The minimum atomic E-state index is -0.604. The highest BCUT2D eigenvalue weighted by Gasteiger charge is 2.37. The molecule has 0 amide bonds. The monoisotopic (exact) mass is 382 g/mol. The Morgan fingerprint density at radius 3 is 1.45 bits per heavy atom. The molecule has 3 rings (SSSR count). The van der Waals surface area contributed by atoms with Crippen molar-refractivity contribution < 1.29 is 4.74 Å². The quantitative estimate of drug-likeness (QED) is 0.198. The lowest BCUT2D eigenvalue weighted by Crippen LogP contribution is -2.33. The molecular weight excluding hydrogens is 352 g/mol. The van der Waals surface area contributed by atoms with Crippen molar-refractivity contribution in [2.24, 2.45) is 0 Å². The number of hydrogen-bond donors (Lipinski definition) is 0. The fourth-order valence-corrected chi connectivity index (χ4v) is 3.85.